The maximum Gasteiger partial charge on any atom is 0.269 e. The average molecular weight is 552 g/mol. The van der Waals surface area contributed by atoms with Crippen molar-refractivity contribution >= 4 is 74.0 Å². The van der Waals surface area contributed by atoms with Gasteiger partial charge in [-0.15, -0.1) is 11.3 Å². The molecule has 0 radical (unpaired) electrons. The van der Waals surface area contributed by atoms with Gasteiger partial charge in [0.1, 0.15) is 13.9 Å². The lowest BCUT2D eigenvalue weighted by molar-refractivity contribution is -0.120. The lowest BCUT2D eigenvalue weighted by Gasteiger charge is -2.18. The number of carbonyl (C=O) groups excluding carboxylic acids is 1. The number of anilines is 1. The topological polar surface area (TPSA) is 45.6 Å². The zero-order chi connectivity index (χ0) is 25.4. The van der Waals surface area contributed by atoms with E-state index in [0.717, 1.165) is 11.6 Å². The third kappa shape index (κ3) is 4.38. The summed E-state index contributed by atoms with van der Waals surface area (Å²) in [5.41, 5.74) is 3.47. The van der Waals surface area contributed by atoms with Gasteiger partial charge in [-0.05, 0) is 56.2 Å². The molecule has 0 aliphatic carbocycles. The summed E-state index contributed by atoms with van der Waals surface area (Å²) in [6.07, 6.45) is 3.91. The van der Waals surface area contributed by atoms with Gasteiger partial charge in [-0.2, -0.15) is 0 Å². The second kappa shape index (κ2) is 10.4. The number of allylic oxidation sites excluding steroid dienone is 1. The second-order valence-electron chi connectivity index (χ2n) is 8.13. The first kappa shape index (κ1) is 25.1. The number of nitrogens with zero attached hydrogens (tertiary/aromatic N) is 3. The summed E-state index contributed by atoms with van der Waals surface area (Å²) in [4.78, 5) is 31.7. The van der Waals surface area contributed by atoms with Crippen molar-refractivity contribution in [1.82, 2.24) is 9.47 Å². The number of rotatable bonds is 5. The first-order valence-corrected chi connectivity index (χ1v) is 14.7. The summed E-state index contributed by atoms with van der Waals surface area (Å²) in [6.45, 7) is 7.80. The smallest absolute Gasteiger partial charge is 0.269 e. The van der Waals surface area contributed by atoms with Crippen molar-refractivity contribution in [2.45, 2.75) is 32.2 Å². The number of amides is 1. The molecule has 1 fully saturated rings. The standard InChI is InChI=1S/C27H25N3O2S4/c1-4-28-19-16-18(17-10-8-7-9-11-17)12-13-20(19)34-22(28)15-14-21-24(31)29(5-2)26(35-21)23-25(32)30(6-3)27(33)36-23/h7-16H,4-6H2,1-3H3/b21-14-,22-15-,26-23+. The molecule has 9 heteroatoms. The first-order valence-electron chi connectivity index (χ1n) is 11.8. The van der Waals surface area contributed by atoms with Crippen molar-refractivity contribution < 1.29 is 4.79 Å². The Morgan fingerprint density at radius 2 is 1.61 bits per heavy atom. The number of benzene rings is 2. The number of carbonyl (C=O) groups is 1. The fraction of sp³-hybridized carbons (Fsp3) is 0.222. The molecule has 1 saturated heterocycles. The van der Waals surface area contributed by atoms with Crippen LogP contribution in [0.15, 0.2) is 69.3 Å². The highest BCUT2D eigenvalue weighted by molar-refractivity contribution is 8.30. The number of thioether (sulfide) groups is 2. The van der Waals surface area contributed by atoms with Gasteiger partial charge in [-0.25, -0.2) is 0 Å². The van der Waals surface area contributed by atoms with Crippen LogP contribution >= 0.6 is 47.1 Å². The van der Waals surface area contributed by atoms with Gasteiger partial charge < -0.3 is 4.90 Å². The van der Waals surface area contributed by atoms with Gasteiger partial charge in [0.05, 0.1) is 15.2 Å². The lowest BCUT2D eigenvalue weighted by atomic mass is 10.0. The van der Waals surface area contributed by atoms with Crippen molar-refractivity contribution in [2.75, 3.05) is 18.0 Å². The van der Waals surface area contributed by atoms with Crippen LogP contribution in [0.25, 0.3) is 22.1 Å². The van der Waals surface area contributed by atoms with Gasteiger partial charge in [-0.3, -0.25) is 19.1 Å². The van der Waals surface area contributed by atoms with Crippen molar-refractivity contribution in [1.29, 1.82) is 0 Å². The molecule has 184 valence electrons. The van der Waals surface area contributed by atoms with Crippen molar-refractivity contribution in [3.05, 3.63) is 79.2 Å². The monoisotopic (exact) mass is 551 g/mol. The molecule has 1 amide bonds. The fourth-order valence-electron chi connectivity index (χ4n) is 4.30. The van der Waals surface area contributed by atoms with Crippen LogP contribution in [0.2, 0.25) is 0 Å². The lowest BCUT2D eigenvalue weighted by Crippen LogP contribution is -2.33. The van der Waals surface area contributed by atoms with E-state index in [1.807, 2.05) is 32.1 Å². The molecule has 0 unspecified atom stereocenters. The molecule has 0 saturated carbocycles. The Morgan fingerprint density at radius 3 is 2.28 bits per heavy atom. The molecule has 36 heavy (non-hydrogen) atoms. The van der Waals surface area contributed by atoms with Crippen molar-refractivity contribution in [3.63, 3.8) is 0 Å². The summed E-state index contributed by atoms with van der Waals surface area (Å²) < 4.78 is 3.51. The maximum atomic E-state index is 13.2. The van der Waals surface area contributed by atoms with Crippen LogP contribution in [0.1, 0.15) is 20.8 Å². The van der Waals surface area contributed by atoms with E-state index in [2.05, 4.69) is 54.3 Å². The van der Waals surface area contributed by atoms with Crippen LogP contribution in [0, 0.1) is 0 Å². The Balaban J connectivity index is 1.55. The zero-order valence-electron chi connectivity index (χ0n) is 20.2. The highest BCUT2D eigenvalue weighted by Gasteiger charge is 2.33. The zero-order valence-corrected chi connectivity index (χ0v) is 23.5. The van der Waals surface area contributed by atoms with E-state index in [9.17, 15) is 9.59 Å². The Morgan fingerprint density at radius 1 is 0.861 bits per heavy atom. The van der Waals surface area contributed by atoms with E-state index >= 15 is 0 Å². The maximum absolute atomic E-state index is 13.2. The van der Waals surface area contributed by atoms with E-state index in [1.54, 1.807) is 21.2 Å². The molecule has 0 N–H and O–H groups in total. The SMILES string of the molecule is CCN1C(=O)/C(=c2\s/c(=C\C=C3/Sc4ccc(-c5ccccc5)cc4N3CC)c(=O)n2CC)SC1=S. The van der Waals surface area contributed by atoms with Gasteiger partial charge in [0.15, 0.2) is 0 Å². The molecule has 2 aliphatic rings. The summed E-state index contributed by atoms with van der Waals surface area (Å²) in [7, 11) is 0. The van der Waals surface area contributed by atoms with Gasteiger partial charge in [0.25, 0.3) is 11.5 Å². The minimum Gasteiger partial charge on any atom is -0.335 e. The molecule has 0 atom stereocenters. The van der Waals surface area contributed by atoms with Gasteiger partial charge in [0.2, 0.25) is 0 Å². The third-order valence-corrected chi connectivity index (χ3v) is 9.96. The van der Waals surface area contributed by atoms with Crippen LogP contribution in [0.3, 0.4) is 0 Å². The second-order valence-corrected chi connectivity index (χ2v) is 11.9. The van der Waals surface area contributed by atoms with Crippen LogP contribution in [0.5, 0.6) is 0 Å². The summed E-state index contributed by atoms with van der Waals surface area (Å²) in [5.74, 6) is -0.117. The van der Waals surface area contributed by atoms with Crippen molar-refractivity contribution in [2.24, 2.45) is 0 Å². The molecule has 0 spiro atoms. The Labute approximate surface area is 227 Å². The predicted octanol–water partition coefficient (Wildman–Crippen LogP) is 4.84. The van der Waals surface area contributed by atoms with E-state index in [1.165, 1.54) is 44.8 Å². The molecule has 5 nitrogen and oxygen atoms in total. The Kier molecular flexibility index (Phi) is 7.25. The normalized spacial score (nSPS) is 18.6. The third-order valence-electron chi connectivity index (χ3n) is 6.11. The van der Waals surface area contributed by atoms with Crippen LogP contribution in [-0.2, 0) is 11.3 Å². The van der Waals surface area contributed by atoms with Crippen LogP contribution in [-0.4, -0.2) is 32.8 Å². The van der Waals surface area contributed by atoms with Gasteiger partial charge in [0, 0.05) is 24.5 Å². The minimum absolute atomic E-state index is 0.0777. The van der Waals surface area contributed by atoms with Gasteiger partial charge in [-0.1, -0.05) is 72.1 Å². The molecule has 5 rings (SSSR count). The van der Waals surface area contributed by atoms with E-state index in [4.69, 9.17) is 12.2 Å². The quantitative estimate of drug-likeness (QED) is 0.423. The summed E-state index contributed by atoms with van der Waals surface area (Å²) in [5, 5.41) is 1.08. The van der Waals surface area contributed by atoms with Crippen LogP contribution < -0.4 is 19.7 Å². The van der Waals surface area contributed by atoms with E-state index in [0.29, 0.717) is 31.5 Å². The minimum atomic E-state index is -0.117. The number of aromatic nitrogens is 1. The number of thiazole rings is 1. The van der Waals surface area contributed by atoms with E-state index in [-0.39, 0.29) is 11.5 Å². The number of fused-ring (bicyclic) bond motifs is 1. The molecule has 3 aromatic rings. The van der Waals surface area contributed by atoms with Crippen LogP contribution in [0.4, 0.5) is 5.69 Å². The van der Waals surface area contributed by atoms with Gasteiger partial charge >= 0.3 is 0 Å². The first-order chi connectivity index (χ1) is 17.5. The number of thiocarbonyl (C=S) groups is 1. The fourth-order valence-corrected chi connectivity index (χ4v) is 8.05. The largest absolute Gasteiger partial charge is 0.335 e. The highest BCUT2D eigenvalue weighted by Crippen LogP contribution is 2.47. The molecular formula is C27H25N3O2S4. The molecule has 3 heterocycles. The molecule has 2 aliphatic heterocycles. The predicted molar refractivity (Wildman–Crippen MR) is 158 cm³/mol. The average Bonchev–Trinajstić information content (AvgIpc) is 3.51. The number of hydrogen-bond acceptors (Lipinski definition) is 7. The molecule has 2 aromatic carbocycles. The Bertz CT molecular complexity index is 1570. The molecular weight excluding hydrogens is 527 g/mol. The molecule has 1 aromatic heterocycles. The summed E-state index contributed by atoms with van der Waals surface area (Å²) >= 11 is 9.73. The van der Waals surface area contributed by atoms with E-state index < -0.39 is 0 Å². The number of hydrogen-bond donors (Lipinski definition) is 0. The Hall–Kier alpha value is -2.59. The summed E-state index contributed by atoms with van der Waals surface area (Å²) in [6, 6.07) is 16.9. The molecule has 0 bridgehead atoms. The highest BCUT2D eigenvalue weighted by atomic mass is 32.2. The van der Waals surface area contributed by atoms with Crippen molar-refractivity contribution in [3.8, 4) is 11.1 Å².